The molecule has 1 heterocycles. The van der Waals surface area contributed by atoms with Gasteiger partial charge in [0.2, 0.25) is 11.8 Å². The lowest BCUT2D eigenvalue weighted by Crippen LogP contribution is -2.30. The lowest BCUT2D eigenvalue weighted by molar-refractivity contribution is 0.278. The Kier molecular flexibility index (Phi) is 5.11. The van der Waals surface area contributed by atoms with E-state index in [4.69, 9.17) is 14.6 Å². The van der Waals surface area contributed by atoms with Crippen LogP contribution in [-0.2, 0) is 6.61 Å². The van der Waals surface area contributed by atoms with Gasteiger partial charge < -0.3 is 9.47 Å². The van der Waals surface area contributed by atoms with Crippen molar-refractivity contribution in [3.05, 3.63) is 187 Å². The average molecular weight is 583 g/mol. The van der Waals surface area contributed by atoms with Gasteiger partial charge in [0, 0.05) is 34.8 Å². The maximum atomic E-state index is 6.83. The SMILES string of the molecule is COc1nnc(OCc2ccc(C)c3c2C2c4ccccc4C3c3ccccc32)c2c1C1c3ccccc3C2c2ccccc21. The van der Waals surface area contributed by atoms with E-state index in [-0.39, 0.29) is 23.7 Å². The molecule has 6 aliphatic carbocycles. The Balaban J connectivity index is 1.12. The maximum Gasteiger partial charge on any atom is 0.238 e. The van der Waals surface area contributed by atoms with Crippen molar-refractivity contribution in [3.63, 3.8) is 0 Å². The molecule has 5 aromatic carbocycles. The van der Waals surface area contributed by atoms with Crippen LogP contribution < -0.4 is 9.47 Å². The zero-order valence-electron chi connectivity index (χ0n) is 25.1. The minimum absolute atomic E-state index is 0.0125. The van der Waals surface area contributed by atoms with Crippen LogP contribution in [0.3, 0.4) is 0 Å². The summed E-state index contributed by atoms with van der Waals surface area (Å²) in [6.07, 6.45) is 0. The summed E-state index contributed by atoms with van der Waals surface area (Å²) in [5, 5.41) is 9.28. The molecule has 6 aromatic rings. The van der Waals surface area contributed by atoms with Gasteiger partial charge in [0.15, 0.2) is 0 Å². The summed E-state index contributed by atoms with van der Waals surface area (Å²) in [5.74, 6) is 1.63. The zero-order valence-corrected chi connectivity index (χ0v) is 25.1. The largest absolute Gasteiger partial charge is 0.480 e. The first-order valence-electron chi connectivity index (χ1n) is 15.8. The number of methoxy groups -OCH3 is 1. The monoisotopic (exact) mass is 582 g/mol. The van der Waals surface area contributed by atoms with E-state index in [1.165, 1.54) is 66.8 Å². The molecule has 0 aliphatic heterocycles. The van der Waals surface area contributed by atoms with Crippen molar-refractivity contribution >= 4 is 0 Å². The molecule has 4 bridgehead atoms. The summed E-state index contributed by atoms with van der Waals surface area (Å²) >= 11 is 0. The Morgan fingerprint density at radius 2 is 0.844 bits per heavy atom. The molecule has 216 valence electrons. The predicted octanol–water partition coefficient (Wildman–Crippen LogP) is 8.35. The fourth-order valence-corrected chi connectivity index (χ4v) is 9.09. The molecular weight excluding hydrogens is 552 g/mol. The highest BCUT2D eigenvalue weighted by Crippen LogP contribution is 2.60. The molecule has 0 N–H and O–H groups in total. The Labute approximate surface area is 262 Å². The second-order valence-corrected chi connectivity index (χ2v) is 12.7. The number of nitrogens with zero attached hydrogens (tertiary/aromatic N) is 2. The number of benzene rings is 5. The highest BCUT2D eigenvalue weighted by atomic mass is 16.5. The minimum atomic E-state index is 0.0125. The van der Waals surface area contributed by atoms with Crippen LogP contribution in [0, 0.1) is 6.92 Å². The van der Waals surface area contributed by atoms with E-state index >= 15 is 0 Å². The van der Waals surface area contributed by atoms with Crippen LogP contribution in [-0.4, -0.2) is 17.3 Å². The van der Waals surface area contributed by atoms with Gasteiger partial charge in [0.05, 0.1) is 7.11 Å². The van der Waals surface area contributed by atoms with E-state index in [2.05, 4.69) is 121 Å². The number of rotatable bonds is 4. The van der Waals surface area contributed by atoms with Crippen LogP contribution >= 0.6 is 0 Å². The number of aromatic nitrogens is 2. The van der Waals surface area contributed by atoms with Gasteiger partial charge >= 0.3 is 0 Å². The molecule has 4 nitrogen and oxygen atoms in total. The van der Waals surface area contributed by atoms with Crippen molar-refractivity contribution in [2.24, 2.45) is 0 Å². The van der Waals surface area contributed by atoms with E-state index in [0.717, 1.165) is 11.1 Å². The lowest BCUT2D eigenvalue weighted by atomic mass is 9.59. The normalized spacial score (nSPS) is 20.3. The predicted molar refractivity (Wildman–Crippen MR) is 174 cm³/mol. The standard InChI is InChI=1S/C41H30N2O2/c1-22-19-20-23(33-32(22)34-24-11-3-5-13-26(24)35(33)27-14-6-4-12-25(27)34)21-45-41-39-37-30-17-9-7-15-28(30)36(29-16-8-10-18-31(29)37)38(39)40(44-2)42-43-41/h3-20,34-37H,21H2,1-2H3. The molecule has 0 atom stereocenters. The lowest BCUT2D eigenvalue weighted by Gasteiger charge is -2.44. The van der Waals surface area contributed by atoms with Gasteiger partial charge in [-0.05, 0) is 73.7 Å². The van der Waals surface area contributed by atoms with Crippen molar-refractivity contribution in [2.75, 3.05) is 7.11 Å². The van der Waals surface area contributed by atoms with Gasteiger partial charge in [-0.2, -0.15) is 0 Å². The van der Waals surface area contributed by atoms with Crippen molar-refractivity contribution in [1.82, 2.24) is 10.2 Å². The van der Waals surface area contributed by atoms with Gasteiger partial charge in [0.25, 0.3) is 0 Å². The molecular formula is C41H30N2O2. The molecule has 0 unspecified atom stereocenters. The molecule has 0 saturated heterocycles. The molecule has 0 fully saturated rings. The van der Waals surface area contributed by atoms with Gasteiger partial charge in [-0.3, -0.25) is 0 Å². The maximum absolute atomic E-state index is 6.83. The minimum Gasteiger partial charge on any atom is -0.480 e. The van der Waals surface area contributed by atoms with E-state index in [1.54, 1.807) is 7.11 Å². The van der Waals surface area contributed by atoms with Crippen LogP contribution in [0.25, 0.3) is 0 Å². The van der Waals surface area contributed by atoms with Gasteiger partial charge in [-0.15, -0.1) is 10.2 Å². The van der Waals surface area contributed by atoms with Crippen LogP contribution in [0.1, 0.15) is 102 Å². The highest BCUT2D eigenvalue weighted by molar-refractivity contribution is 5.72. The van der Waals surface area contributed by atoms with E-state index in [0.29, 0.717) is 18.4 Å². The molecule has 0 radical (unpaired) electrons. The van der Waals surface area contributed by atoms with Crippen LogP contribution in [0.5, 0.6) is 11.8 Å². The molecule has 6 aliphatic rings. The summed E-state index contributed by atoms with van der Waals surface area (Å²) in [5.41, 5.74) is 18.5. The molecule has 1 aromatic heterocycles. The van der Waals surface area contributed by atoms with Gasteiger partial charge in [-0.1, -0.05) is 109 Å². The third-order valence-electron chi connectivity index (χ3n) is 10.8. The van der Waals surface area contributed by atoms with Crippen molar-refractivity contribution in [3.8, 4) is 11.8 Å². The molecule has 12 rings (SSSR count). The van der Waals surface area contributed by atoms with E-state index < -0.39 is 0 Å². The first-order valence-corrected chi connectivity index (χ1v) is 15.8. The van der Waals surface area contributed by atoms with Crippen molar-refractivity contribution in [1.29, 1.82) is 0 Å². The Morgan fingerprint density at radius 3 is 1.29 bits per heavy atom. The Morgan fingerprint density at radius 1 is 0.467 bits per heavy atom. The fraction of sp³-hybridized carbons (Fsp3) is 0.171. The number of hydrogen-bond acceptors (Lipinski definition) is 4. The average Bonchev–Trinajstić information content (AvgIpc) is 3.10. The summed E-state index contributed by atoms with van der Waals surface area (Å²) < 4.78 is 12.7. The van der Waals surface area contributed by atoms with Crippen LogP contribution in [0.2, 0.25) is 0 Å². The number of hydrogen-bond donors (Lipinski definition) is 0. The molecule has 4 heteroatoms. The highest BCUT2D eigenvalue weighted by Gasteiger charge is 2.46. The van der Waals surface area contributed by atoms with Gasteiger partial charge in [0.1, 0.15) is 6.61 Å². The summed E-state index contributed by atoms with van der Waals surface area (Å²) in [6.45, 7) is 2.68. The molecule has 45 heavy (non-hydrogen) atoms. The fourth-order valence-electron chi connectivity index (χ4n) is 9.09. The van der Waals surface area contributed by atoms with E-state index in [1.807, 2.05) is 0 Å². The second kappa shape index (κ2) is 9.15. The number of aryl methyl sites for hydroxylation is 1. The summed E-state index contributed by atoms with van der Waals surface area (Å²) in [4.78, 5) is 0. The number of ether oxygens (including phenoxy) is 2. The van der Waals surface area contributed by atoms with Crippen LogP contribution in [0.15, 0.2) is 109 Å². The Bertz CT molecular complexity index is 2120. The van der Waals surface area contributed by atoms with Crippen LogP contribution in [0.4, 0.5) is 0 Å². The second-order valence-electron chi connectivity index (χ2n) is 12.7. The quantitative estimate of drug-likeness (QED) is 0.209. The first kappa shape index (κ1) is 25.1. The zero-order chi connectivity index (χ0) is 29.8. The smallest absolute Gasteiger partial charge is 0.238 e. The summed E-state index contributed by atoms with van der Waals surface area (Å²) in [6, 6.07) is 40.1. The first-order chi connectivity index (χ1) is 22.2. The van der Waals surface area contributed by atoms with Crippen molar-refractivity contribution in [2.45, 2.75) is 37.2 Å². The summed E-state index contributed by atoms with van der Waals surface area (Å²) in [7, 11) is 1.69. The molecule has 0 spiro atoms. The van der Waals surface area contributed by atoms with Crippen molar-refractivity contribution < 1.29 is 9.47 Å². The topological polar surface area (TPSA) is 44.2 Å². The van der Waals surface area contributed by atoms with Gasteiger partial charge in [-0.25, -0.2) is 0 Å². The Hall–Kier alpha value is -5.22. The molecule has 0 saturated carbocycles. The van der Waals surface area contributed by atoms with E-state index in [9.17, 15) is 0 Å². The third-order valence-corrected chi connectivity index (χ3v) is 10.8. The molecule has 0 amide bonds. The third kappa shape index (κ3) is 3.21.